The summed E-state index contributed by atoms with van der Waals surface area (Å²) in [6.45, 7) is 0. The third-order valence-corrected chi connectivity index (χ3v) is 3.74. The molecule has 21 heavy (non-hydrogen) atoms. The van der Waals surface area contributed by atoms with E-state index in [2.05, 4.69) is 0 Å². The zero-order chi connectivity index (χ0) is 15.5. The topological polar surface area (TPSA) is 20.2 Å². The molecule has 0 saturated carbocycles. The van der Waals surface area contributed by atoms with E-state index in [9.17, 15) is 22.7 Å². The van der Waals surface area contributed by atoms with Crippen LogP contribution in [0.15, 0.2) is 29.8 Å². The van der Waals surface area contributed by atoms with E-state index in [0.717, 1.165) is 44.2 Å². The SMILES string of the molecule is OC(/C1=C/CCCCCC1)c1cc(F)cc(C(F)(F)F)c1. The summed E-state index contributed by atoms with van der Waals surface area (Å²) in [6.07, 6.45) is 1.59. The van der Waals surface area contributed by atoms with Gasteiger partial charge in [0.05, 0.1) is 5.56 Å². The lowest BCUT2D eigenvalue weighted by Crippen LogP contribution is -2.09. The molecular weight excluding hydrogens is 284 g/mol. The van der Waals surface area contributed by atoms with E-state index in [0.29, 0.717) is 18.1 Å². The van der Waals surface area contributed by atoms with Crippen LogP contribution in [0, 0.1) is 5.82 Å². The quantitative estimate of drug-likeness (QED) is 0.591. The molecule has 5 heteroatoms. The average Bonchev–Trinajstić information content (AvgIpc) is 2.36. The number of hydrogen-bond donors (Lipinski definition) is 1. The number of aliphatic hydroxyl groups excluding tert-OH is 1. The first-order chi connectivity index (χ1) is 9.88. The fraction of sp³-hybridized carbons (Fsp3) is 0.500. The monoisotopic (exact) mass is 302 g/mol. The van der Waals surface area contributed by atoms with Gasteiger partial charge < -0.3 is 5.11 Å². The number of alkyl halides is 3. The number of benzene rings is 1. The summed E-state index contributed by atoms with van der Waals surface area (Å²) in [7, 11) is 0. The van der Waals surface area contributed by atoms with Crippen LogP contribution >= 0.6 is 0 Å². The summed E-state index contributed by atoms with van der Waals surface area (Å²) >= 11 is 0. The van der Waals surface area contributed by atoms with E-state index in [-0.39, 0.29) is 5.56 Å². The first-order valence-electron chi connectivity index (χ1n) is 7.12. The maximum atomic E-state index is 13.4. The highest BCUT2D eigenvalue weighted by molar-refractivity contribution is 5.32. The summed E-state index contributed by atoms with van der Waals surface area (Å²) in [6, 6.07) is 2.25. The second-order valence-corrected chi connectivity index (χ2v) is 5.41. The Bertz CT molecular complexity index is 519. The standard InChI is InChI=1S/C16H18F4O/c17-14-9-12(8-13(10-14)16(18,19)20)15(21)11-6-4-2-1-3-5-7-11/h6,8-10,15,21H,1-5,7H2/b11-6+. The van der Waals surface area contributed by atoms with Crippen LogP contribution in [-0.4, -0.2) is 5.11 Å². The molecule has 1 nitrogen and oxygen atoms in total. The van der Waals surface area contributed by atoms with Crippen LogP contribution in [0.5, 0.6) is 0 Å². The molecule has 0 aliphatic heterocycles. The van der Waals surface area contributed by atoms with Crippen molar-refractivity contribution in [3.05, 3.63) is 46.8 Å². The van der Waals surface area contributed by atoms with Gasteiger partial charge in [-0.2, -0.15) is 13.2 Å². The zero-order valence-corrected chi connectivity index (χ0v) is 11.6. The molecule has 1 aliphatic carbocycles. The molecule has 0 heterocycles. The molecule has 0 radical (unpaired) electrons. The second kappa shape index (κ2) is 6.60. The molecule has 1 aromatic carbocycles. The lowest BCUT2D eigenvalue weighted by Gasteiger charge is -2.19. The molecule has 116 valence electrons. The first kappa shape index (κ1) is 16.0. The zero-order valence-electron chi connectivity index (χ0n) is 11.6. The van der Waals surface area contributed by atoms with E-state index >= 15 is 0 Å². The maximum absolute atomic E-state index is 13.4. The number of rotatable bonds is 2. The van der Waals surface area contributed by atoms with Crippen molar-refractivity contribution >= 4 is 0 Å². The number of hydrogen-bond acceptors (Lipinski definition) is 1. The number of allylic oxidation sites excluding steroid dienone is 1. The molecule has 1 aliphatic rings. The first-order valence-corrected chi connectivity index (χ1v) is 7.12. The van der Waals surface area contributed by atoms with Gasteiger partial charge in [-0.15, -0.1) is 0 Å². The largest absolute Gasteiger partial charge is 0.416 e. The Balaban J connectivity index is 2.29. The molecule has 0 amide bonds. The van der Waals surface area contributed by atoms with Crippen molar-refractivity contribution in [2.45, 2.75) is 50.8 Å². The van der Waals surface area contributed by atoms with Gasteiger partial charge in [-0.3, -0.25) is 0 Å². The molecule has 0 fully saturated rings. The molecule has 0 spiro atoms. The third-order valence-electron chi connectivity index (χ3n) is 3.74. The molecule has 1 aromatic rings. The molecule has 0 aromatic heterocycles. The van der Waals surface area contributed by atoms with Crippen LogP contribution in [0.1, 0.15) is 55.8 Å². The summed E-state index contributed by atoms with van der Waals surface area (Å²) in [5, 5.41) is 10.3. The summed E-state index contributed by atoms with van der Waals surface area (Å²) in [4.78, 5) is 0. The van der Waals surface area contributed by atoms with E-state index in [1.807, 2.05) is 6.08 Å². The number of halogens is 4. The minimum Gasteiger partial charge on any atom is -0.384 e. The predicted octanol–water partition coefficient (Wildman–Crippen LogP) is 5.16. The Hall–Kier alpha value is -1.36. The van der Waals surface area contributed by atoms with Crippen molar-refractivity contribution in [3.63, 3.8) is 0 Å². The molecule has 1 unspecified atom stereocenters. The number of aliphatic hydroxyl groups is 1. The van der Waals surface area contributed by atoms with Gasteiger partial charge in [-0.25, -0.2) is 4.39 Å². The van der Waals surface area contributed by atoms with Crippen molar-refractivity contribution < 1.29 is 22.7 Å². The van der Waals surface area contributed by atoms with Crippen LogP contribution < -0.4 is 0 Å². The minimum atomic E-state index is -4.62. The van der Waals surface area contributed by atoms with E-state index in [1.54, 1.807) is 0 Å². The summed E-state index contributed by atoms with van der Waals surface area (Å²) in [5.74, 6) is -0.981. The Morgan fingerprint density at radius 3 is 2.43 bits per heavy atom. The van der Waals surface area contributed by atoms with Gasteiger partial charge in [0.15, 0.2) is 0 Å². The maximum Gasteiger partial charge on any atom is 0.416 e. The Labute approximate surface area is 121 Å². The van der Waals surface area contributed by atoms with Crippen molar-refractivity contribution in [1.29, 1.82) is 0 Å². The van der Waals surface area contributed by atoms with Crippen molar-refractivity contribution in [2.75, 3.05) is 0 Å². The fourth-order valence-electron chi connectivity index (χ4n) is 2.61. The van der Waals surface area contributed by atoms with Crippen LogP contribution in [0.25, 0.3) is 0 Å². The van der Waals surface area contributed by atoms with Crippen molar-refractivity contribution in [1.82, 2.24) is 0 Å². The van der Waals surface area contributed by atoms with E-state index < -0.39 is 23.7 Å². The molecule has 0 saturated heterocycles. The molecule has 1 atom stereocenters. The van der Waals surface area contributed by atoms with Gasteiger partial charge in [0.2, 0.25) is 0 Å². The van der Waals surface area contributed by atoms with Gasteiger partial charge in [0, 0.05) is 0 Å². The Kier molecular flexibility index (Phi) is 5.04. The van der Waals surface area contributed by atoms with Crippen molar-refractivity contribution in [3.8, 4) is 0 Å². The van der Waals surface area contributed by atoms with Gasteiger partial charge in [-0.1, -0.05) is 18.9 Å². The molecule has 2 rings (SSSR count). The highest BCUT2D eigenvalue weighted by Gasteiger charge is 2.32. The summed E-state index contributed by atoms with van der Waals surface area (Å²) < 4.78 is 51.5. The highest BCUT2D eigenvalue weighted by atomic mass is 19.4. The average molecular weight is 302 g/mol. The smallest absolute Gasteiger partial charge is 0.384 e. The lowest BCUT2D eigenvalue weighted by molar-refractivity contribution is -0.137. The van der Waals surface area contributed by atoms with Gasteiger partial charge >= 0.3 is 6.18 Å². The van der Waals surface area contributed by atoms with Crippen LogP contribution in [0.2, 0.25) is 0 Å². The second-order valence-electron chi connectivity index (χ2n) is 5.41. The van der Waals surface area contributed by atoms with E-state index in [1.165, 1.54) is 0 Å². The summed E-state index contributed by atoms with van der Waals surface area (Å²) in [5.41, 5.74) is -0.412. The van der Waals surface area contributed by atoms with Crippen LogP contribution in [-0.2, 0) is 6.18 Å². The van der Waals surface area contributed by atoms with Crippen LogP contribution in [0.4, 0.5) is 17.6 Å². The van der Waals surface area contributed by atoms with E-state index in [4.69, 9.17) is 0 Å². The predicted molar refractivity (Wildman–Crippen MR) is 72.1 cm³/mol. The lowest BCUT2D eigenvalue weighted by atomic mass is 9.92. The third kappa shape index (κ3) is 4.30. The fourth-order valence-corrected chi connectivity index (χ4v) is 2.61. The molecule has 0 bridgehead atoms. The molecular formula is C16H18F4O. The minimum absolute atomic E-state index is 0.0332. The Morgan fingerprint density at radius 1 is 1.00 bits per heavy atom. The van der Waals surface area contributed by atoms with Gasteiger partial charge in [0.1, 0.15) is 11.9 Å². The van der Waals surface area contributed by atoms with Gasteiger partial charge in [-0.05, 0) is 55.0 Å². The normalized spacial score (nSPS) is 21.1. The highest BCUT2D eigenvalue weighted by Crippen LogP contribution is 2.34. The van der Waals surface area contributed by atoms with Crippen LogP contribution in [0.3, 0.4) is 0 Å². The van der Waals surface area contributed by atoms with Crippen molar-refractivity contribution in [2.24, 2.45) is 0 Å². The molecule has 1 N–H and O–H groups in total. The Morgan fingerprint density at radius 2 is 1.71 bits per heavy atom. The van der Waals surface area contributed by atoms with Gasteiger partial charge in [0.25, 0.3) is 0 Å².